The average Bonchev–Trinajstić information content (AvgIpc) is 2.69. The highest BCUT2D eigenvalue weighted by molar-refractivity contribution is 5.95. The molecule has 6 nitrogen and oxygen atoms in total. The van der Waals surface area contributed by atoms with E-state index < -0.39 is 0 Å². The Morgan fingerprint density at radius 3 is 2.12 bits per heavy atom. The lowest BCUT2D eigenvalue weighted by molar-refractivity contribution is -0.121. The van der Waals surface area contributed by atoms with E-state index in [1.165, 1.54) is 14.2 Å². The highest BCUT2D eigenvalue weighted by Crippen LogP contribution is 2.22. The van der Waals surface area contributed by atoms with Crippen molar-refractivity contribution in [2.45, 2.75) is 12.8 Å². The summed E-state index contributed by atoms with van der Waals surface area (Å²) in [7, 11) is 3.06. The molecule has 2 amide bonds. The van der Waals surface area contributed by atoms with Gasteiger partial charge in [-0.1, -0.05) is 30.3 Å². The average molecular weight is 356 g/mol. The van der Waals surface area contributed by atoms with Crippen LogP contribution < -0.4 is 20.1 Å². The molecule has 0 saturated carbocycles. The van der Waals surface area contributed by atoms with Crippen LogP contribution in [0.5, 0.6) is 11.5 Å². The molecule has 0 radical (unpaired) electrons. The molecule has 0 heterocycles. The first-order chi connectivity index (χ1) is 12.6. The van der Waals surface area contributed by atoms with Gasteiger partial charge in [0.1, 0.15) is 11.5 Å². The van der Waals surface area contributed by atoms with E-state index in [-0.39, 0.29) is 11.8 Å². The summed E-state index contributed by atoms with van der Waals surface area (Å²) in [5, 5.41) is 5.57. The summed E-state index contributed by atoms with van der Waals surface area (Å²) in [6.45, 7) is 0.718. The number of nitrogens with one attached hydrogen (secondary N) is 2. The predicted octanol–water partition coefficient (Wildman–Crippen LogP) is 2.18. The number of benzene rings is 2. The maximum absolute atomic E-state index is 12.2. The van der Waals surface area contributed by atoms with Crippen LogP contribution in [0.1, 0.15) is 22.3 Å². The van der Waals surface area contributed by atoms with Crippen molar-refractivity contribution in [1.82, 2.24) is 10.6 Å². The standard InChI is InChI=1S/C20H24N2O4/c1-25-17-12-16(13-18(14-17)26-2)20(24)22-11-10-21-19(23)9-8-15-6-4-3-5-7-15/h3-7,12-14H,8-11H2,1-2H3,(H,21,23)(H,22,24). The topological polar surface area (TPSA) is 76.7 Å². The maximum Gasteiger partial charge on any atom is 0.251 e. The molecule has 0 unspecified atom stereocenters. The monoisotopic (exact) mass is 356 g/mol. The van der Waals surface area contributed by atoms with Gasteiger partial charge in [-0.3, -0.25) is 9.59 Å². The summed E-state index contributed by atoms with van der Waals surface area (Å²) in [6.07, 6.45) is 1.12. The molecule has 138 valence electrons. The first-order valence-corrected chi connectivity index (χ1v) is 8.44. The normalized spacial score (nSPS) is 10.1. The number of methoxy groups -OCH3 is 2. The van der Waals surface area contributed by atoms with Gasteiger partial charge in [0.25, 0.3) is 5.91 Å². The van der Waals surface area contributed by atoms with E-state index in [1.54, 1.807) is 18.2 Å². The Hall–Kier alpha value is -3.02. The minimum Gasteiger partial charge on any atom is -0.497 e. The minimum atomic E-state index is -0.249. The van der Waals surface area contributed by atoms with Gasteiger partial charge in [0, 0.05) is 31.1 Å². The zero-order chi connectivity index (χ0) is 18.8. The highest BCUT2D eigenvalue weighted by atomic mass is 16.5. The fraction of sp³-hybridized carbons (Fsp3) is 0.300. The number of hydrogen-bond acceptors (Lipinski definition) is 4. The Balaban J connectivity index is 1.72. The third-order valence-electron chi connectivity index (χ3n) is 3.83. The Labute approximate surface area is 153 Å². The first-order valence-electron chi connectivity index (χ1n) is 8.44. The molecule has 0 fully saturated rings. The first kappa shape index (κ1) is 19.3. The van der Waals surface area contributed by atoms with Gasteiger partial charge in [-0.25, -0.2) is 0 Å². The lowest BCUT2D eigenvalue weighted by atomic mass is 10.1. The number of hydrogen-bond donors (Lipinski definition) is 2. The van der Waals surface area contributed by atoms with Gasteiger partial charge in [-0.15, -0.1) is 0 Å². The molecule has 0 aliphatic heterocycles. The van der Waals surface area contributed by atoms with Crippen LogP contribution in [0.2, 0.25) is 0 Å². The Bertz CT molecular complexity index is 710. The fourth-order valence-electron chi connectivity index (χ4n) is 2.41. The second kappa shape index (κ2) is 10.1. The molecule has 2 aromatic rings. The van der Waals surface area contributed by atoms with E-state index in [2.05, 4.69) is 10.6 Å². The van der Waals surface area contributed by atoms with Crippen molar-refractivity contribution in [3.05, 3.63) is 59.7 Å². The van der Waals surface area contributed by atoms with Crippen LogP contribution >= 0.6 is 0 Å². The quantitative estimate of drug-likeness (QED) is 0.675. The fourth-order valence-corrected chi connectivity index (χ4v) is 2.41. The van der Waals surface area contributed by atoms with Crippen LogP contribution in [-0.2, 0) is 11.2 Å². The van der Waals surface area contributed by atoms with E-state index in [4.69, 9.17) is 9.47 Å². The van der Waals surface area contributed by atoms with Gasteiger partial charge in [0.15, 0.2) is 0 Å². The number of rotatable bonds is 9. The summed E-state index contributed by atoms with van der Waals surface area (Å²) in [5.41, 5.74) is 1.57. The van der Waals surface area contributed by atoms with Crippen molar-refractivity contribution in [3.8, 4) is 11.5 Å². The van der Waals surface area contributed by atoms with Crippen molar-refractivity contribution in [2.24, 2.45) is 0 Å². The molecule has 2 rings (SSSR count). The van der Waals surface area contributed by atoms with Crippen LogP contribution in [-0.4, -0.2) is 39.1 Å². The summed E-state index contributed by atoms with van der Waals surface area (Å²) in [5.74, 6) is 0.805. The second-order valence-corrected chi connectivity index (χ2v) is 5.69. The Kier molecular flexibility index (Phi) is 7.49. The van der Waals surface area contributed by atoms with E-state index in [9.17, 15) is 9.59 Å². The molecule has 0 bridgehead atoms. The number of carbonyl (C=O) groups is 2. The number of ether oxygens (including phenoxy) is 2. The lowest BCUT2D eigenvalue weighted by Gasteiger charge is -2.10. The molecule has 2 N–H and O–H groups in total. The third-order valence-corrected chi connectivity index (χ3v) is 3.83. The van der Waals surface area contributed by atoms with Gasteiger partial charge in [0.2, 0.25) is 5.91 Å². The van der Waals surface area contributed by atoms with Crippen molar-refractivity contribution < 1.29 is 19.1 Å². The zero-order valence-corrected chi connectivity index (χ0v) is 15.1. The second-order valence-electron chi connectivity index (χ2n) is 5.69. The molecule has 0 aromatic heterocycles. The summed E-state index contributed by atoms with van der Waals surface area (Å²) in [6, 6.07) is 14.8. The lowest BCUT2D eigenvalue weighted by Crippen LogP contribution is -2.34. The van der Waals surface area contributed by atoms with Gasteiger partial charge in [-0.2, -0.15) is 0 Å². The highest BCUT2D eigenvalue weighted by Gasteiger charge is 2.09. The predicted molar refractivity (Wildman–Crippen MR) is 99.7 cm³/mol. The van der Waals surface area contributed by atoms with Crippen molar-refractivity contribution in [2.75, 3.05) is 27.3 Å². The molecule has 0 aliphatic carbocycles. The molecule has 0 aliphatic rings. The van der Waals surface area contributed by atoms with E-state index in [1.807, 2.05) is 30.3 Å². The van der Waals surface area contributed by atoms with E-state index in [0.717, 1.165) is 5.56 Å². The minimum absolute atomic E-state index is 0.0360. The van der Waals surface area contributed by atoms with Crippen LogP contribution in [0, 0.1) is 0 Å². The van der Waals surface area contributed by atoms with Crippen LogP contribution in [0.4, 0.5) is 0 Å². The molecule has 0 saturated heterocycles. The molecule has 26 heavy (non-hydrogen) atoms. The van der Waals surface area contributed by atoms with Crippen LogP contribution in [0.15, 0.2) is 48.5 Å². The molecule has 0 spiro atoms. The largest absolute Gasteiger partial charge is 0.497 e. The van der Waals surface area contributed by atoms with Crippen molar-refractivity contribution >= 4 is 11.8 Å². The molecule has 6 heteroatoms. The molecule has 2 aromatic carbocycles. The van der Waals surface area contributed by atoms with Gasteiger partial charge >= 0.3 is 0 Å². The zero-order valence-electron chi connectivity index (χ0n) is 15.1. The summed E-state index contributed by atoms with van der Waals surface area (Å²) >= 11 is 0. The maximum atomic E-state index is 12.2. The number of amides is 2. The van der Waals surface area contributed by atoms with E-state index in [0.29, 0.717) is 43.0 Å². The van der Waals surface area contributed by atoms with Crippen molar-refractivity contribution in [3.63, 3.8) is 0 Å². The smallest absolute Gasteiger partial charge is 0.251 e. The van der Waals surface area contributed by atoms with Gasteiger partial charge in [-0.05, 0) is 24.1 Å². The summed E-state index contributed by atoms with van der Waals surface area (Å²) < 4.78 is 10.3. The SMILES string of the molecule is COc1cc(OC)cc(C(=O)NCCNC(=O)CCc2ccccc2)c1. The number of carbonyl (C=O) groups excluding carboxylic acids is 2. The van der Waals surface area contributed by atoms with Crippen LogP contribution in [0.25, 0.3) is 0 Å². The van der Waals surface area contributed by atoms with Crippen LogP contribution in [0.3, 0.4) is 0 Å². The van der Waals surface area contributed by atoms with Crippen molar-refractivity contribution in [1.29, 1.82) is 0 Å². The summed E-state index contributed by atoms with van der Waals surface area (Å²) in [4.78, 5) is 24.0. The third kappa shape index (κ3) is 6.12. The van der Waals surface area contributed by atoms with Gasteiger partial charge in [0.05, 0.1) is 14.2 Å². The Morgan fingerprint density at radius 2 is 1.50 bits per heavy atom. The number of aryl methyl sites for hydroxylation is 1. The molecular weight excluding hydrogens is 332 g/mol. The Morgan fingerprint density at radius 1 is 0.885 bits per heavy atom. The molecule has 0 atom stereocenters. The van der Waals surface area contributed by atoms with Gasteiger partial charge < -0.3 is 20.1 Å². The molecular formula is C20H24N2O4. The van der Waals surface area contributed by atoms with E-state index >= 15 is 0 Å².